The Hall–Kier alpha value is -2.24. The van der Waals surface area contributed by atoms with Gasteiger partial charge in [-0.1, -0.05) is 0 Å². The van der Waals surface area contributed by atoms with Crippen LogP contribution in [-0.4, -0.2) is 29.7 Å². The molecular formula is C15H20N2O4. The normalized spacial score (nSPS) is 13.8. The molecule has 0 atom stereocenters. The summed E-state index contributed by atoms with van der Waals surface area (Å²) in [4.78, 5) is 25.5. The second-order valence-electron chi connectivity index (χ2n) is 5.99. The molecule has 1 aliphatic rings. The number of nitrogens with zero attached hydrogens (tertiary/aromatic N) is 1. The summed E-state index contributed by atoms with van der Waals surface area (Å²) < 4.78 is 10.1. The third kappa shape index (κ3) is 3.09. The van der Waals surface area contributed by atoms with Crippen LogP contribution < -0.4 is 5.73 Å². The average molecular weight is 292 g/mol. The van der Waals surface area contributed by atoms with Crippen molar-refractivity contribution in [2.75, 3.05) is 12.8 Å². The van der Waals surface area contributed by atoms with E-state index in [0.29, 0.717) is 24.3 Å². The van der Waals surface area contributed by atoms with E-state index in [2.05, 4.69) is 0 Å². The highest BCUT2D eigenvalue weighted by Crippen LogP contribution is 2.32. The van der Waals surface area contributed by atoms with E-state index in [1.807, 2.05) is 20.8 Å². The van der Waals surface area contributed by atoms with Crippen LogP contribution in [0.4, 0.5) is 10.5 Å². The number of hydrogen-bond donors (Lipinski definition) is 1. The minimum atomic E-state index is -0.567. The Labute approximate surface area is 123 Å². The summed E-state index contributed by atoms with van der Waals surface area (Å²) in [7, 11) is 1.33. The summed E-state index contributed by atoms with van der Waals surface area (Å²) >= 11 is 0. The first kappa shape index (κ1) is 15.2. The first-order valence-electron chi connectivity index (χ1n) is 6.69. The molecule has 1 heterocycles. The molecule has 0 radical (unpaired) electrons. The fourth-order valence-corrected chi connectivity index (χ4v) is 2.27. The Morgan fingerprint density at radius 1 is 1.19 bits per heavy atom. The van der Waals surface area contributed by atoms with Gasteiger partial charge in [-0.15, -0.1) is 0 Å². The zero-order valence-corrected chi connectivity index (χ0v) is 12.7. The smallest absolute Gasteiger partial charge is 0.410 e. The van der Waals surface area contributed by atoms with Gasteiger partial charge in [0.25, 0.3) is 0 Å². The minimum absolute atomic E-state index is 0.291. The van der Waals surface area contributed by atoms with Crippen molar-refractivity contribution < 1.29 is 19.1 Å². The fraction of sp³-hybridized carbons (Fsp3) is 0.467. The molecule has 114 valence electrons. The van der Waals surface area contributed by atoms with Crippen molar-refractivity contribution in [3.63, 3.8) is 0 Å². The lowest BCUT2D eigenvalue weighted by molar-refractivity contribution is 0.0240. The van der Waals surface area contributed by atoms with E-state index in [4.69, 9.17) is 15.2 Å². The summed E-state index contributed by atoms with van der Waals surface area (Å²) in [6.45, 7) is 6.05. The number of carbonyl (C=O) groups is 2. The number of methoxy groups -OCH3 is 1. The number of nitrogen functional groups attached to an aromatic ring is 1. The number of hydrogen-bond acceptors (Lipinski definition) is 5. The van der Waals surface area contributed by atoms with Gasteiger partial charge in [-0.3, -0.25) is 4.90 Å². The first-order chi connectivity index (χ1) is 9.73. The van der Waals surface area contributed by atoms with Crippen LogP contribution in [0.1, 0.15) is 42.3 Å². The molecule has 2 rings (SSSR count). The SMILES string of the molecule is COC(=O)c1ccc(N)c2c1CN(C(=O)OC(C)(C)C)C2. The van der Waals surface area contributed by atoms with Gasteiger partial charge in [0.05, 0.1) is 25.8 Å². The number of carbonyl (C=O) groups excluding carboxylic acids is 2. The summed E-state index contributed by atoms with van der Waals surface area (Å²) in [5.74, 6) is -0.433. The molecule has 0 unspecified atom stereocenters. The van der Waals surface area contributed by atoms with Gasteiger partial charge in [-0.2, -0.15) is 0 Å². The predicted molar refractivity (Wildman–Crippen MR) is 77.7 cm³/mol. The fourth-order valence-electron chi connectivity index (χ4n) is 2.27. The van der Waals surface area contributed by atoms with Crippen LogP contribution in [0.5, 0.6) is 0 Å². The van der Waals surface area contributed by atoms with Gasteiger partial charge >= 0.3 is 12.1 Å². The van der Waals surface area contributed by atoms with Crippen LogP contribution in [-0.2, 0) is 22.6 Å². The Balaban J connectivity index is 2.28. The van der Waals surface area contributed by atoms with Crippen LogP contribution in [0.3, 0.4) is 0 Å². The third-order valence-corrected chi connectivity index (χ3v) is 3.22. The Bertz CT molecular complexity index is 590. The molecule has 6 heteroatoms. The molecule has 0 aromatic heterocycles. The maximum atomic E-state index is 12.1. The second-order valence-corrected chi connectivity index (χ2v) is 5.99. The van der Waals surface area contributed by atoms with Crippen LogP contribution in [0.15, 0.2) is 12.1 Å². The summed E-state index contributed by atoms with van der Waals surface area (Å²) in [6, 6.07) is 3.28. The lowest BCUT2D eigenvalue weighted by Crippen LogP contribution is -2.33. The largest absolute Gasteiger partial charge is 0.465 e. The highest BCUT2D eigenvalue weighted by Gasteiger charge is 2.31. The van der Waals surface area contributed by atoms with E-state index in [9.17, 15) is 9.59 Å². The van der Waals surface area contributed by atoms with Crippen molar-refractivity contribution in [1.82, 2.24) is 4.90 Å². The van der Waals surface area contributed by atoms with Gasteiger partial charge in [-0.05, 0) is 38.5 Å². The van der Waals surface area contributed by atoms with E-state index >= 15 is 0 Å². The number of fused-ring (bicyclic) bond motifs is 1. The molecular weight excluding hydrogens is 272 g/mol. The van der Waals surface area contributed by atoms with E-state index in [0.717, 1.165) is 11.1 Å². The van der Waals surface area contributed by atoms with Crippen LogP contribution in [0.25, 0.3) is 0 Å². The summed E-state index contributed by atoms with van der Waals surface area (Å²) in [5, 5.41) is 0. The third-order valence-electron chi connectivity index (χ3n) is 3.22. The quantitative estimate of drug-likeness (QED) is 0.634. The predicted octanol–water partition coefficient (Wildman–Crippen LogP) is 2.31. The molecule has 2 N–H and O–H groups in total. The van der Waals surface area contributed by atoms with E-state index in [1.54, 1.807) is 12.1 Å². The van der Waals surface area contributed by atoms with E-state index in [1.165, 1.54) is 12.0 Å². The highest BCUT2D eigenvalue weighted by molar-refractivity contribution is 5.92. The second kappa shape index (κ2) is 5.27. The highest BCUT2D eigenvalue weighted by atomic mass is 16.6. The number of benzene rings is 1. The van der Waals surface area contributed by atoms with Gasteiger partial charge < -0.3 is 15.2 Å². The van der Waals surface area contributed by atoms with Crippen molar-refractivity contribution in [2.45, 2.75) is 39.5 Å². The maximum absolute atomic E-state index is 12.1. The van der Waals surface area contributed by atoms with Crippen molar-refractivity contribution in [2.24, 2.45) is 0 Å². The van der Waals surface area contributed by atoms with Crippen LogP contribution in [0, 0.1) is 0 Å². The maximum Gasteiger partial charge on any atom is 0.410 e. The topological polar surface area (TPSA) is 81.9 Å². The van der Waals surface area contributed by atoms with Crippen molar-refractivity contribution in [3.05, 3.63) is 28.8 Å². The van der Waals surface area contributed by atoms with Gasteiger partial charge in [-0.25, -0.2) is 9.59 Å². The summed E-state index contributed by atoms with van der Waals surface area (Å²) in [6.07, 6.45) is -0.422. The molecule has 0 aliphatic carbocycles. The van der Waals surface area contributed by atoms with E-state index < -0.39 is 17.7 Å². The Morgan fingerprint density at radius 3 is 2.38 bits per heavy atom. The zero-order valence-electron chi connectivity index (χ0n) is 12.7. The molecule has 6 nitrogen and oxygen atoms in total. The molecule has 21 heavy (non-hydrogen) atoms. The number of nitrogens with two attached hydrogens (primary N) is 1. The molecule has 0 bridgehead atoms. The number of rotatable bonds is 1. The average Bonchev–Trinajstić information content (AvgIpc) is 2.82. The van der Waals surface area contributed by atoms with Gasteiger partial charge in [0, 0.05) is 11.3 Å². The van der Waals surface area contributed by atoms with Crippen LogP contribution in [0.2, 0.25) is 0 Å². The first-order valence-corrected chi connectivity index (χ1v) is 6.69. The zero-order chi connectivity index (χ0) is 15.8. The van der Waals surface area contributed by atoms with Gasteiger partial charge in [0.1, 0.15) is 5.60 Å². The molecule has 0 spiro atoms. The molecule has 0 saturated heterocycles. The van der Waals surface area contributed by atoms with Crippen LogP contribution >= 0.6 is 0 Å². The van der Waals surface area contributed by atoms with Gasteiger partial charge in [0.15, 0.2) is 0 Å². The van der Waals surface area contributed by atoms with Crippen molar-refractivity contribution in [3.8, 4) is 0 Å². The Kier molecular flexibility index (Phi) is 3.80. The number of anilines is 1. The Morgan fingerprint density at radius 2 is 1.81 bits per heavy atom. The molecule has 1 aliphatic heterocycles. The number of esters is 1. The molecule has 1 aromatic rings. The molecule has 1 amide bonds. The lowest BCUT2D eigenvalue weighted by atomic mass is 10.0. The van der Waals surface area contributed by atoms with Gasteiger partial charge in [0.2, 0.25) is 0 Å². The summed E-state index contributed by atoms with van der Waals surface area (Å²) in [5.41, 5.74) is 7.88. The molecule has 1 aromatic carbocycles. The molecule has 0 saturated carbocycles. The van der Waals surface area contributed by atoms with E-state index in [-0.39, 0.29) is 0 Å². The van der Waals surface area contributed by atoms with Crippen molar-refractivity contribution in [1.29, 1.82) is 0 Å². The monoisotopic (exact) mass is 292 g/mol. The molecule has 0 fully saturated rings. The number of ether oxygens (including phenoxy) is 2. The number of amides is 1. The standard InChI is InChI=1S/C15H20N2O4/c1-15(2,3)21-14(19)17-7-10-9(13(18)20-4)5-6-12(16)11(10)8-17/h5-6H,7-8,16H2,1-4H3. The lowest BCUT2D eigenvalue weighted by Gasteiger charge is -2.24. The van der Waals surface area contributed by atoms with Crippen molar-refractivity contribution >= 4 is 17.7 Å². The minimum Gasteiger partial charge on any atom is -0.465 e.